The average molecular weight is 172 g/mol. The number of allylic oxidation sites excluding steroid dienone is 2. The lowest BCUT2D eigenvalue weighted by Crippen LogP contribution is -2.22. The summed E-state index contributed by atoms with van der Waals surface area (Å²) in [5.41, 5.74) is 1.87. The van der Waals surface area contributed by atoms with Crippen LogP contribution in [0.1, 0.15) is 31.7 Å². The Bertz CT molecular complexity index is 297. The summed E-state index contributed by atoms with van der Waals surface area (Å²) in [5.74, 6) is 0. The molecule has 0 N–H and O–H groups in total. The first-order chi connectivity index (χ1) is 6.31. The van der Waals surface area contributed by atoms with Gasteiger partial charge in [0.05, 0.1) is 0 Å². The SMILES string of the molecule is CC1(c2ccccc2)CC=CCC1. The summed E-state index contributed by atoms with van der Waals surface area (Å²) in [7, 11) is 0. The summed E-state index contributed by atoms with van der Waals surface area (Å²) in [6.45, 7) is 2.37. The predicted octanol–water partition coefficient (Wildman–Crippen LogP) is 3.68. The molecule has 1 aromatic carbocycles. The van der Waals surface area contributed by atoms with E-state index in [2.05, 4.69) is 49.4 Å². The van der Waals surface area contributed by atoms with Crippen LogP contribution in [0.2, 0.25) is 0 Å². The topological polar surface area (TPSA) is 0 Å². The maximum absolute atomic E-state index is 2.37. The second kappa shape index (κ2) is 3.37. The van der Waals surface area contributed by atoms with Crippen LogP contribution >= 0.6 is 0 Å². The van der Waals surface area contributed by atoms with E-state index < -0.39 is 0 Å². The van der Waals surface area contributed by atoms with Gasteiger partial charge in [0.1, 0.15) is 0 Å². The summed E-state index contributed by atoms with van der Waals surface area (Å²) in [4.78, 5) is 0. The first kappa shape index (κ1) is 8.55. The Morgan fingerprint density at radius 3 is 2.46 bits per heavy atom. The van der Waals surface area contributed by atoms with Crippen molar-refractivity contribution >= 4 is 0 Å². The molecule has 0 fully saturated rings. The molecule has 0 aromatic heterocycles. The van der Waals surface area contributed by atoms with Gasteiger partial charge in [0.15, 0.2) is 0 Å². The normalized spacial score (nSPS) is 27.5. The van der Waals surface area contributed by atoms with Crippen molar-refractivity contribution in [2.75, 3.05) is 0 Å². The molecular formula is C13H16. The quantitative estimate of drug-likeness (QED) is 0.567. The molecule has 1 aliphatic carbocycles. The fraction of sp³-hybridized carbons (Fsp3) is 0.385. The van der Waals surface area contributed by atoms with Gasteiger partial charge >= 0.3 is 0 Å². The minimum atomic E-state index is 0.385. The third kappa shape index (κ3) is 1.67. The highest BCUT2D eigenvalue weighted by molar-refractivity contribution is 5.26. The van der Waals surface area contributed by atoms with Crippen LogP contribution < -0.4 is 0 Å². The first-order valence-electron chi connectivity index (χ1n) is 5.02. The Kier molecular flexibility index (Phi) is 2.22. The lowest BCUT2D eigenvalue weighted by molar-refractivity contribution is 0.428. The van der Waals surface area contributed by atoms with Crippen molar-refractivity contribution < 1.29 is 0 Å². The molecule has 0 nitrogen and oxygen atoms in total. The van der Waals surface area contributed by atoms with Crippen LogP contribution in [0.4, 0.5) is 0 Å². The fourth-order valence-corrected chi connectivity index (χ4v) is 2.07. The van der Waals surface area contributed by atoms with Gasteiger partial charge in [-0.05, 0) is 30.2 Å². The summed E-state index contributed by atoms with van der Waals surface area (Å²) >= 11 is 0. The van der Waals surface area contributed by atoms with Crippen molar-refractivity contribution in [3.63, 3.8) is 0 Å². The van der Waals surface area contributed by atoms with Crippen molar-refractivity contribution in [1.29, 1.82) is 0 Å². The number of rotatable bonds is 1. The molecule has 0 heterocycles. The van der Waals surface area contributed by atoms with Gasteiger partial charge < -0.3 is 0 Å². The standard InChI is InChI=1S/C13H16/c1-13(10-6-3-7-11-13)12-8-4-2-5-9-12/h2-6,8-9H,7,10-11H2,1H3. The molecular weight excluding hydrogens is 156 g/mol. The minimum Gasteiger partial charge on any atom is -0.0885 e. The van der Waals surface area contributed by atoms with Crippen LogP contribution in [0, 0.1) is 0 Å². The van der Waals surface area contributed by atoms with Gasteiger partial charge in [0.25, 0.3) is 0 Å². The summed E-state index contributed by atoms with van der Waals surface area (Å²) in [5, 5.41) is 0. The second-order valence-corrected chi connectivity index (χ2v) is 4.14. The lowest BCUT2D eigenvalue weighted by atomic mass is 9.73. The van der Waals surface area contributed by atoms with Gasteiger partial charge in [-0.3, -0.25) is 0 Å². The lowest BCUT2D eigenvalue weighted by Gasteiger charge is -2.31. The van der Waals surface area contributed by atoms with Gasteiger partial charge in [-0.1, -0.05) is 49.4 Å². The number of benzene rings is 1. The van der Waals surface area contributed by atoms with E-state index >= 15 is 0 Å². The van der Waals surface area contributed by atoms with Crippen molar-refractivity contribution in [3.8, 4) is 0 Å². The molecule has 0 amide bonds. The predicted molar refractivity (Wildman–Crippen MR) is 56.8 cm³/mol. The van der Waals surface area contributed by atoms with Crippen molar-refractivity contribution in [2.24, 2.45) is 0 Å². The van der Waals surface area contributed by atoms with Crippen LogP contribution in [-0.4, -0.2) is 0 Å². The van der Waals surface area contributed by atoms with E-state index in [4.69, 9.17) is 0 Å². The van der Waals surface area contributed by atoms with Crippen molar-refractivity contribution in [1.82, 2.24) is 0 Å². The summed E-state index contributed by atoms with van der Waals surface area (Å²) in [6, 6.07) is 10.9. The van der Waals surface area contributed by atoms with Crippen molar-refractivity contribution in [3.05, 3.63) is 48.0 Å². The molecule has 13 heavy (non-hydrogen) atoms. The zero-order valence-corrected chi connectivity index (χ0v) is 8.16. The number of hydrogen-bond donors (Lipinski definition) is 0. The Morgan fingerprint density at radius 1 is 1.08 bits per heavy atom. The van der Waals surface area contributed by atoms with Crippen LogP contribution in [0.25, 0.3) is 0 Å². The van der Waals surface area contributed by atoms with E-state index in [0.717, 1.165) is 0 Å². The Morgan fingerprint density at radius 2 is 1.85 bits per heavy atom. The van der Waals surface area contributed by atoms with Crippen LogP contribution in [0.5, 0.6) is 0 Å². The van der Waals surface area contributed by atoms with E-state index in [1.807, 2.05) is 0 Å². The van der Waals surface area contributed by atoms with E-state index in [0.29, 0.717) is 5.41 Å². The van der Waals surface area contributed by atoms with Gasteiger partial charge in [0, 0.05) is 0 Å². The third-order valence-corrected chi connectivity index (χ3v) is 3.07. The summed E-state index contributed by atoms with van der Waals surface area (Å²) in [6.07, 6.45) is 8.32. The van der Waals surface area contributed by atoms with Crippen molar-refractivity contribution in [2.45, 2.75) is 31.6 Å². The molecule has 0 aliphatic heterocycles. The van der Waals surface area contributed by atoms with Crippen LogP contribution in [0.15, 0.2) is 42.5 Å². The zero-order chi connectivity index (χ0) is 9.15. The van der Waals surface area contributed by atoms with Crippen LogP contribution in [-0.2, 0) is 5.41 Å². The fourth-order valence-electron chi connectivity index (χ4n) is 2.07. The first-order valence-corrected chi connectivity index (χ1v) is 5.02. The highest BCUT2D eigenvalue weighted by atomic mass is 14.3. The molecule has 1 aliphatic rings. The highest BCUT2D eigenvalue weighted by Crippen LogP contribution is 2.35. The van der Waals surface area contributed by atoms with Gasteiger partial charge in [0.2, 0.25) is 0 Å². The molecule has 0 saturated heterocycles. The van der Waals surface area contributed by atoms with Gasteiger partial charge in [-0.2, -0.15) is 0 Å². The molecule has 1 unspecified atom stereocenters. The maximum atomic E-state index is 2.37. The van der Waals surface area contributed by atoms with Gasteiger partial charge in [-0.15, -0.1) is 0 Å². The zero-order valence-electron chi connectivity index (χ0n) is 8.16. The molecule has 0 heteroatoms. The highest BCUT2D eigenvalue weighted by Gasteiger charge is 2.25. The van der Waals surface area contributed by atoms with E-state index in [1.54, 1.807) is 0 Å². The number of hydrogen-bond acceptors (Lipinski definition) is 0. The Labute approximate surface area is 80.3 Å². The maximum Gasteiger partial charge on any atom is -0.00379 e. The molecule has 1 aromatic rings. The molecule has 0 bridgehead atoms. The molecule has 0 radical (unpaired) electrons. The van der Waals surface area contributed by atoms with E-state index in [9.17, 15) is 0 Å². The molecule has 2 rings (SSSR count). The molecule has 68 valence electrons. The smallest absolute Gasteiger partial charge is 0.00379 e. The second-order valence-electron chi connectivity index (χ2n) is 4.14. The molecule has 0 spiro atoms. The van der Waals surface area contributed by atoms with E-state index in [-0.39, 0.29) is 0 Å². The summed E-state index contributed by atoms with van der Waals surface area (Å²) < 4.78 is 0. The van der Waals surface area contributed by atoms with Crippen LogP contribution in [0.3, 0.4) is 0 Å². The monoisotopic (exact) mass is 172 g/mol. The minimum absolute atomic E-state index is 0.385. The van der Waals surface area contributed by atoms with Gasteiger partial charge in [-0.25, -0.2) is 0 Å². The molecule has 1 atom stereocenters. The largest absolute Gasteiger partial charge is 0.0885 e. The Hall–Kier alpha value is -1.04. The van der Waals surface area contributed by atoms with E-state index in [1.165, 1.54) is 24.8 Å². The average Bonchev–Trinajstić information content (AvgIpc) is 2.20. The third-order valence-electron chi connectivity index (χ3n) is 3.07. The Balaban J connectivity index is 2.29. The molecule has 0 saturated carbocycles.